The van der Waals surface area contributed by atoms with Crippen LogP contribution >= 0.6 is 0 Å². The third-order valence-electron chi connectivity index (χ3n) is 3.72. The average molecular weight is 318 g/mol. The second-order valence-corrected chi connectivity index (χ2v) is 5.34. The fourth-order valence-electron chi connectivity index (χ4n) is 2.46. The fourth-order valence-corrected chi connectivity index (χ4v) is 2.46. The van der Waals surface area contributed by atoms with Crippen LogP contribution in [-0.2, 0) is 16.1 Å². The predicted molar refractivity (Wildman–Crippen MR) is 79.4 cm³/mol. The first-order valence-corrected chi connectivity index (χ1v) is 7.27. The maximum Gasteiger partial charge on any atom is 0.288 e. The Bertz CT molecular complexity index is 661. The normalized spacial score (nSPS) is 24.0. The molecular formula is C15H18N4O4. The SMILES string of the molecule is NC(=O)c1ncn([C@@H]2CO[C@H](COCc3ccccc3)[C@@H]2O)n1. The molecule has 1 amide bonds. The van der Waals surface area contributed by atoms with E-state index in [-0.39, 0.29) is 19.0 Å². The van der Waals surface area contributed by atoms with Crippen LogP contribution in [0.1, 0.15) is 22.2 Å². The van der Waals surface area contributed by atoms with Gasteiger partial charge in [-0.1, -0.05) is 30.3 Å². The lowest BCUT2D eigenvalue weighted by Crippen LogP contribution is -2.32. The molecule has 0 radical (unpaired) electrons. The molecule has 8 nitrogen and oxygen atoms in total. The summed E-state index contributed by atoms with van der Waals surface area (Å²) in [6, 6.07) is 9.34. The number of aromatic nitrogens is 3. The minimum absolute atomic E-state index is 0.0824. The Balaban J connectivity index is 1.53. The molecular weight excluding hydrogens is 300 g/mol. The van der Waals surface area contributed by atoms with Crippen LogP contribution in [0.15, 0.2) is 36.7 Å². The van der Waals surface area contributed by atoms with Gasteiger partial charge in [-0.05, 0) is 5.56 Å². The van der Waals surface area contributed by atoms with Gasteiger partial charge in [0, 0.05) is 0 Å². The van der Waals surface area contributed by atoms with Crippen LogP contribution in [0.25, 0.3) is 0 Å². The second kappa shape index (κ2) is 6.86. The first kappa shape index (κ1) is 15.6. The third-order valence-corrected chi connectivity index (χ3v) is 3.72. The summed E-state index contributed by atoms with van der Waals surface area (Å²) in [4.78, 5) is 14.8. The second-order valence-electron chi connectivity index (χ2n) is 5.34. The number of benzene rings is 1. The molecule has 0 aliphatic carbocycles. The van der Waals surface area contributed by atoms with Gasteiger partial charge in [0.05, 0.1) is 19.8 Å². The number of aliphatic hydroxyl groups is 1. The lowest BCUT2D eigenvalue weighted by Gasteiger charge is -2.17. The Hall–Kier alpha value is -2.29. The van der Waals surface area contributed by atoms with Gasteiger partial charge in [-0.3, -0.25) is 4.79 Å². The number of carbonyl (C=O) groups is 1. The summed E-state index contributed by atoms with van der Waals surface area (Å²) >= 11 is 0. The van der Waals surface area contributed by atoms with Crippen LogP contribution in [0, 0.1) is 0 Å². The number of carbonyl (C=O) groups excluding carboxylic acids is 1. The fraction of sp³-hybridized carbons (Fsp3) is 0.400. The zero-order valence-corrected chi connectivity index (χ0v) is 12.4. The van der Waals surface area contributed by atoms with Crippen molar-refractivity contribution >= 4 is 5.91 Å². The molecule has 0 bridgehead atoms. The molecule has 8 heteroatoms. The van der Waals surface area contributed by atoms with E-state index in [0.717, 1.165) is 5.56 Å². The minimum Gasteiger partial charge on any atom is -0.388 e. The largest absolute Gasteiger partial charge is 0.388 e. The van der Waals surface area contributed by atoms with Crippen molar-refractivity contribution in [2.45, 2.75) is 24.9 Å². The van der Waals surface area contributed by atoms with E-state index in [2.05, 4.69) is 10.1 Å². The van der Waals surface area contributed by atoms with Crippen molar-refractivity contribution in [3.8, 4) is 0 Å². The number of hydrogen-bond donors (Lipinski definition) is 2. The molecule has 3 rings (SSSR count). The quantitative estimate of drug-likeness (QED) is 0.769. The van der Waals surface area contributed by atoms with Crippen LogP contribution in [0.2, 0.25) is 0 Å². The molecule has 1 fully saturated rings. The molecule has 0 spiro atoms. The van der Waals surface area contributed by atoms with Gasteiger partial charge in [-0.2, -0.15) is 0 Å². The highest BCUT2D eigenvalue weighted by Crippen LogP contribution is 2.24. The summed E-state index contributed by atoms with van der Waals surface area (Å²) in [6.45, 7) is 0.985. The summed E-state index contributed by atoms with van der Waals surface area (Å²) in [5, 5.41) is 14.3. The maximum absolute atomic E-state index is 11.0. The van der Waals surface area contributed by atoms with Crippen LogP contribution < -0.4 is 5.73 Å². The third kappa shape index (κ3) is 3.55. The summed E-state index contributed by atoms with van der Waals surface area (Å²) in [6.07, 6.45) is 0.114. The highest BCUT2D eigenvalue weighted by Gasteiger charge is 2.38. The van der Waals surface area contributed by atoms with Crippen LogP contribution in [-0.4, -0.2) is 51.2 Å². The van der Waals surface area contributed by atoms with Gasteiger partial charge in [0.1, 0.15) is 24.6 Å². The van der Waals surface area contributed by atoms with Crippen molar-refractivity contribution in [3.63, 3.8) is 0 Å². The number of ether oxygens (including phenoxy) is 2. The first-order chi connectivity index (χ1) is 11.1. The number of primary amides is 1. The summed E-state index contributed by atoms with van der Waals surface area (Å²) in [5.74, 6) is -0.791. The zero-order chi connectivity index (χ0) is 16.2. The van der Waals surface area contributed by atoms with Crippen molar-refractivity contribution in [2.24, 2.45) is 5.73 Å². The summed E-state index contributed by atoms with van der Waals surface area (Å²) < 4.78 is 12.6. The lowest BCUT2D eigenvalue weighted by molar-refractivity contribution is -0.0304. The molecule has 1 saturated heterocycles. The van der Waals surface area contributed by atoms with Crippen molar-refractivity contribution < 1.29 is 19.4 Å². The molecule has 0 saturated carbocycles. The van der Waals surface area contributed by atoms with E-state index in [1.54, 1.807) is 0 Å². The van der Waals surface area contributed by atoms with E-state index in [9.17, 15) is 9.90 Å². The molecule has 1 aromatic heterocycles. The van der Waals surface area contributed by atoms with Crippen molar-refractivity contribution in [3.05, 3.63) is 48.0 Å². The molecule has 1 aliphatic heterocycles. The predicted octanol–water partition coefficient (Wildman–Crippen LogP) is -0.105. The molecule has 1 aromatic carbocycles. The number of nitrogens with zero attached hydrogens (tertiary/aromatic N) is 3. The number of nitrogens with two attached hydrogens (primary N) is 1. The number of hydrogen-bond acceptors (Lipinski definition) is 6. The molecule has 23 heavy (non-hydrogen) atoms. The van der Waals surface area contributed by atoms with E-state index in [4.69, 9.17) is 15.2 Å². The standard InChI is InChI=1S/C15H18N4O4/c16-14(21)15-17-9-19(18-15)11-7-23-12(13(11)20)8-22-6-10-4-2-1-3-5-10/h1-5,9,11-13,20H,6-8H2,(H2,16,21)/t11-,12-,13-/m1/s1. The van der Waals surface area contributed by atoms with Crippen LogP contribution in [0.5, 0.6) is 0 Å². The number of aliphatic hydroxyl groups excluding tert-OH is 1. The van der Waals surface area contributed by atoms with Crippen LogP contribution in [0.3, 0.4) is 0 Å². The Morgan fingerprint density at radius 3 is 2.91 bits per heavy atom. The molecule has 1 aliphatic rings. The Kier molecular flexibility index (Phi) is 4.65. The molecule has 3 atom stereocenters. The number of rotatable bonds is 6. The van der Waals surface area contributed by atoms with E-state index in [0.29, 0.717) is 6.61 Å². The monoisotopic (exact) mass is 318 g/mol. The van der Waals surface area contributed by atoms with E-state index in [1.807, 2.05) is 30.3 Å². The smallest absolute Gasteiger partial charge is 0.288 e. The van der Waals surface area contributed by atoms with E-state index in [1.165, 1.54) is 11.0 Å². The zero-order valence-electron chi connectivity index (χ0n) is 12.4. The van der Waals surface area contributed by atoms with Crippen molar-refractivity contribution in [1.29, 1.82) is 0 Å². The van der Waals surface area contributed by atoms with E-state index >= 15 is 0 Å². The molecule has 2 heterocycles. The van der Waals surface area contributed by atoms with E-state index < -0.39 is 24.2 Å². The average Bonchev–Trinajstić information content (AvgIpc) is 3.16. The van der Waals surface area contributed by atoms with Gasteiger partial charge >= 0.3 is 0 Å². The van der Waals surface area contributed by atoms with Gasteiger partial charge in [-0.15, -0.1) is 5.10 Å². The first-order valence-electron chi connectivity index (χ1n) is 7.27. The highest BCUT2D eigenvalue weighted by atomic mass is 16.5. The number of amides is 1. The minimum atomic E-state index is -0.798. The molecule has 0 unspecified atom stereocenters. The Morgan fingerprint density at radius 2 is 2.22 bits per heavy atom. The lowest BCUT2D eigenvalue weighted by atomic mass is 10.1. The molecule has 122 valence electrons. The van der Waals surface area contributed by atoms with Gasteiger partial charge in [0.2, 0.25) is 5.82 Å². The topological polar surface area (TPSA) is 112 Å². The van der Waals surface area contributed by atoms with Crippen molar-refractivity contribution in [2.75, 3.05) is 13.2 Å². The summed E-state index contributed by atoms with van der Waals surface area (Å²) in [5.41, 5.74) is 6.17. The van der Waals surface area contributed by atoms with Gasteiger partial charge in [-0.25, -0.2) is 9.67 Å². The summed E-state index contributed by atoms with van der Waals surface area (Å²) in [7, 11) is 0. The van der Waals surface area contributed by atoms with Crippen LogP contribution in [0.4, 0.5) is 0 Å². The maximum atomic E-state index is 11.0. The molecule has 3 N–H and O–H groups in total. The Morgan fingerprint density at radius 1 is 1.43 bits per heavy atom. The van der Waals surface area contributed by atoms with Gasteiger partial charge < -0.3 is 20.3 Å². The van der Waals surface area contributed by atoms with Gasteiger partial charge in [0.25, 0.3) is 5.91 Å². The van der Waals surface area contributed by atoms with Crippen molar-refractivity contribution in [1.82, 2.24) is 14.8 Å². The Labute approximate surface area is 132 Å². The molecule has 2 aromatic rings. The van der Waals surface area contributed by atoms with Gasteiger partial charge in [0.15, 0.2) is 0 Å². The highest BCUT2D eigenvalue weighted by molar-refractivity contribution is 5.88.